The van der Waals surface area contributed by atoms with E-state index >= 15 is 0 Å². The molecule has 0 radical (unpaired) electrons. The van der Waals surface area contributed by atoms with E-state index in [2.05, 4.69) is 118 Å². The van der Waals surface area contributed by atoms with E-state index in [-0.39, 0.29) is 25.2 Å². The van der Waals surface area contributed by atoms with Crippen LogP contribution < -0.4 is 0 Å². The van der Waals surface area contributed by atoms with E-state index in [0.717, 1.165) is 109 Å². The highest BCUT2D eigenvalue weighted by Crippen LogP contribution is 2.15. The fourth-order valence-electron chi connectivity index (χ4n) is 7.20. The van der Waals surface area contributed by atoms with Gasteiger partial charge in [-0.25, -0.2) is 0 Å². The van der Waals surface area contributed by atoms with Gasteiger partial charge in [0.2, 0.25) is 0 Å². The van der Waals surface area contributed by atoms with Crippen molar-refractivity contribution in [2.24, 2.45) is 0 Å². The predicted molar refractivity (Wildman–Crippen MR) is 279 cm³/mol. The van der Waals surface area contributed by atoms with Gasteiger partial charge in [-0.1, -0.05) is 227 Å². The normalized spacial score (nSPS) is 13.0. The lowest BCUT2D eigenvalue weighted by atomic mass is 10.0. The monoisotopic (exact) mass is 889 g/mol. The Morgan fingerprint density at radius 3 is 1.14 bits per heavy atom. The van der Waals surface area contributed by atoms with Crippen LogP contribution in [0, 0.1) is 0 Å². The fourth-order valence-corrected chi connectivity index (χ4v) is 7.20. The zero-order chi connectivity index (χ0) is 46.3. The minimum absolute atomic E-state index is 0.0560. The zero-order valence-electron chi connectivity index (χ0n) is 42.0. The Morgan fingerprint density at radius 2 is 0.703 bits per heavy atom. The molecule has 0 heterocycles. The molecular weight excluding hydrogens is 789 g/mol. The van der Waals surface area contributed by atoms with Gasteiger partial charge < -0.3 is 14.2 Å². The van der Waals surface area contributed by atoms with Crippen LogP contribution in [0.3, 0.4) is 0 Å². The van der Waals surface area contributed by atoms with E-state index in [0.29, 0.717) is 19.4 Å². The van der Waals surface area contributed by atoms with Crippen LogP contribution in [0.4, 0.5) is 0 Å². The molecule has 5 nitrogen and oxygen atoms in total. The third-order valence-corrected chi connectivity index (χ3v) is 11.1. The van der Waals surface area contributed by atoms with Crippen molar-refractivity contribution in [3.05, 3.63) is 97.2 Å². The summed E-state index contributed by atoms with van der Waals surface area (Å²) in [5, 5.41) is 0. The summed E-state index contributed by atoms with van der Waals surface area (Å²) >= 11 is 0. The van der Waals surface area contributed by atoms with Crippen LogP contribution in [0.1, 0.15) is 239 Å². The number of hydrogen-bond acceptors (Lipinski definition) is 5. The van der Waals surface area contributed by atoms with Crippen molar-refractivity contribution in [3.63, 3.8) is 0 Å². The lowest BCUT2D eigenvalue weighted by molar-refractivity contribution is -0.163. The highest BCUT2D eigenvalue weighted by Gasteiger charge is 2.17. The molecule has 1 atom stereocenters. The van der Waals surface area contributed by atoms with Crippen LogP contribution in [0.25, 0.3) is 0 Å². The summed E-state index contributed by atoms with van der Waals surface area (Å²) in [5.41, 5.74) is 0. The van der Waals surface area contributed by atoms with Crippen molar-refractivity contribution in [1.82, 2.24) is 0 Å². The predicted octanol–water partition coefficient (Wildman–Crippen LogP) is 18.2. The number of carbonyl (C=O) groups is 2. The smallest absolute Gasteiger partial charge is 0.306 e. The number of ether oxygens (including phenoxy) is 3. The molecule has 366 valence electrons. The van der Waals surface area contributed by atoms with Crippen molar-refractivity contribution >= 4 is 11.9 Å². The Kier molecular flexibility index (Phi) is 51.5. The SMILES string of the molecule is CC/C=C\C/C=C\C/C=C\C/C=C\C/C=C\CCCCCC(=O)OCC(COCCCCCC/C=C\C/C=C\C/C=C\CC)OC(=O)CCCCCCCCCCCCCCCCC. The van der Waals surface area contributed by atoms with Gasteiger partial charge in [-0.3, -0.25) is 9.59 Å². The third kappa shape index (κ3) is 51.5. The quantitative estimate of drug-likeness (QED) is 0.0346. The highest BCUT2D eigenvalue weighted by molar-refractivity contribution is 5.70. The molecule has 0 fully saturated rings. The minimum Gasteiger partial charge on any atom is -0.462 e. The molecule has 0 aliphatic carbocycles. The first-order valence-electron chi connectivity index (χ1n) is 26.8. The lowest BCUT2D eigenvalue weighted by Crippen LogP contribution is -2.30. The van der Waals surface area contributed by atoms with E-state index in [4.69, 9.17) is 14.2 Å². The van der Waals surface area contributed by atoms with Crippen LogP contribution in [0.2, 0.25) is 0 Å². The molecule has 1 unspecified atom stereocenters. The van der Waals surface area contributed by atoms with Crippen LogP contribution in [-0.2, 0) is 23.8 Å². The molecule has 64 heavy (non-hydrogen) atoms. The summed E-state index contributed by atoms with van der Waals surface area (Å²) in [5.74, 6) is -0.446. The van der Waals surface area contributed by atoms with Gasteiger partial charge in [-0.05, 0) is 96.3 Å². The molecule has 0 N–H and O–H groups in total. The van der Waals surface area contributed by atoms with Crippen molar-refractivity contribution in [3.8, 4) is 0 Å². The Bertz CT molecular complexity index is 1230. The van der Waals surface area contributed by atoms with E-state index in [9.17, 15) is 9.59 Å². The van der Waals surface area contributed by atoms with Gasteiger partial charge in [0.05, 0.1) is 6.61 Å². The summed E-state index contributed by atoms with van der Waals surface area (Å²) in [6.07, 6.45) is 72.8. The lowest BCUT2D eigenvalue weighted by Gasteiger charge is -2.18. The average Bonchev–Trinajstić information content (AvgIpc) is 3.30. The molecule has 5 heteroatoms. The average molecular weight is 889 g/mol. The highest BCUT2D eigenvalue weighted by atomic mass is 16.6. The van der Waals surface area contributed by atoms with Crippen LogP contribution in [0.15, 0.2) is 97.2 Å². The number of unbranched alkanes of at least 4 members (excludes halogenated alkanes) is 21. The first kappa shape index (κ1) is 60.8. The second kappa shape index (κ2) is 54.2. The maximum Gasteiger partial charge on any atom is 0.306 e. The number of hydrogen-bond donors (Lipinski definition) is 0. The molecule has 0 amide bonds. The molecule has 0 aliphatic rings. The van der Waals surface area contributed by atoms with Gasteiger partial charge in [-0.15, -0.1) is 0 Å². The Labute approximate surface area is 396 Å². The second-order valence-electron chi connectivity index (χ2n) is 17.4. The molecular formula is C59H100O5. The molecule has 0 saturated heterocycles. The summed E-state index contributed by atoms with van der Waals surface area (Å²) in [6.45, 7) is 7.53. The van der Waals surface area contributed by atoms with Crippen LogP contribution >= 0.6 is 0 Å². The van der Waals surface area contributed by atoms with Crippen molar-refractivity contribution < 1.29 is 23.8 Å². The van der Waals surface area contributed by atoms with Gasteiger partial charge in [0.25, 0.3) is 0 Å². The van der Waals surface area contributed by atoms with Crippen LogP contribution in [-0.4, -0.2) is 37.9 Å². The van der Waals surface area contributed by atoms with Gasteiger partial charge in [0.1, 0.15) is 6.61 Å². The first-order chi connectivity index (χ1) is 31.6. The van der Waals surface area contributed by atoms with Crippen molar-refractivity contribution in [2.75, 3.05) is 19.8 Å². The van der Waals surface area contributed by atoms with Gasteiger partial charge in [-0.2, -0.15) is 0 Å². The number of allylic oxidation sites excluding steroid dienone is 16. The second-order valence-corrected chi connectivity index (χ2v) is 17.4. The van der Waals surface area contributed by atoms with E-state index in [1.165, 1.54) is 96.3 Å². The first-order valence-corrected chi connectivity index (χ1v) is 26.8. The largest absolute Gasteiger partial charge is 0.462 e. The molecule has 0 rings (SSSR count). The summed E-state index contributed by atoms with van der Waals surface area (Å²) in [7, 11) is 0. The number of esters is 2. The molecule has 0 aliphatic heterocycles. The van der Waals surface area contributed by atoms with Crippen LogP contribution in [0.5, 0.6) is 0 Å². The van der Waals surface area contributed by atoms with E-state index in [1.807, 2.05) is 0 Å². The molecule has 0 bridgehead atoms. The summed E-state index contributed by atoms with van der Waals surface area (Å²) in [4.78, 5) is 25.4. The molecule has 0 spiro atoms. The Morgan fingerprint density at radius 1 is 0.359 bits per heavy atom. The van der Waals surface area contributed by atoms with Gasteiger partial charge in [0.15, 0.2) is 6.10 Å². The van der Waals surface area contributed by atoms with E-state index < -0.39 is 6.10 Å². The Balaban J connectivity index is 4.36. The Hall–Kier alpha value is -3.18. The van der Waals surface area contributed by atoms with Crippen molar-refractivity contribution in [1.29, 1.82) is 0 Å². The standard InChI is InChI=1S/C59H100O5/c1-4-7-10-13-16-19-22-25-28-29-30-31-33-34-37-40-43-46-49-52-58(60)63-56-57(55-62-54-51-48-45-42-39-36-27-24-21-18-15-12-9-6-3)64-59(61)53-50-47-44-41-38-35-32-26-23-20-17-14-11-8-5-2/h7,9-10,12,16,18-19,21,25,27-28,30-31,34,36-37,57H,4-6,8,11,13-15,17,20,22-24,26,29,32-33,35,38-56H2,1-3H3/b10-7-,12-9-,19-16-,21-18-,28-25-,31-30-,36-27-,37-34-. The number of carbonyl (C=O) groups excluding carboxylic acids is 2. The molecule has 0 saturated carbocycles. The van der Waals surface area contributed by atoms with Gasteiger partial charge in [0, 0.05) is 19.4 Å². The molecule has 0 aromatic carbocycles. The maximum absolute atomic E-state index is 12.8. The summed E-state index contributed by atoms with van der Waals surface area (Å²) < 4.78 is 17.4. The topological polar surface area (TPSA) is 61.8 Å². The zero-order valence-corrected chi connectivity index (χ0v) is 42.0. The maximum atomic E-state index is 12.8. The molecule has 0 aromatic heterocycles. The molecule has 0 aromatic rings. The van der Waals surface area contributed by atoms with Crippen molar-refractivity contribution in [2.45, 2.75) is 245 Å². The third-order valence-electron chi connectivity index (χ3n) is 11.1. The van der Waals surface area contributed by atoms with Gasteiger partial charge >= 0.3 is 11.9 Å². The minimum atomic E-state index is -0.565. The summed E-state index contributed by atoms with van der Waals surface area (Å²) in [6, 6.07) is 0. The fraction of sp³-hybridized carbons (Fsp3) is 0.695. The van der Waals surface area contributed by atoms with E-state index in [1.54, 1.807) is 0 Å². The number of rotatable bonds is 48.